The van der Waals surface area contributed by atoms with Crippen LogP contribution in [0.5, 0.6) is 0 Å². The monoisotopic (exact) mass is 241 g/mol. The van der Waals surface area contributed by atoms with Gasteiger partial charge in [-0.25, -0.2) is 0 Å². The first-order valence-corrected chi connectivity index (χ1v) is 6.56. The van der Waals surface area contributed by atoms with E-state index in [1.165, 1.54) is 0 Å². The zero-order valence-electron chi connectivity index (χ0n) is 10.5. The number of piperidine rings is 1. The smallest absolute Gasteiger partial charge is 0.242 e. The molecule has 3 N–H and O–H groups in total. The zero-order valence-corrected chi connectivity index (χ0v) is 10.5. The van der Waals surface area contributed by atoms with Gasteiger partial charge in [0.2, 0.25) is 5.91 Å². The Kier molecular flexibility index (Phi) is 4.36. The van der Waals surface area contributed by atoms with Crippen molar-refractivity contribution in [1.29, 1.82) is 0 Å². The minimum absolute atomic E-state index is 0.0246. The molecule has 17 heavy (non-hydrogen) atoms. The summed E-state index contributed by atoms with van der Waals surface area (Å²) in [4.78, 5) is 14.3. The van der Waals surface area contributed by atoms with Crippen LogP contribution in [0.1, 0.15) is 19.8 Å². The van der Waals surface area contributed by atoms with Crippen LogP contribution >= 0.6 is 0 Å². The molecule has 2 atom stereocenters. The van der Waals surface area contributed by atoms with Crippen LogP contribution in [0.2, 0.25) is 0 Å². The van der Waals surface area contributed by atoms with E-state index in [-0.39, 0.29) is 18.1 Å². The predicted octanol–water partition coefficient (Wildman–Crippen LogP) is -0.439. The normalized spacial score (nSPS) is 31.5. The Labute approximate surface area is 103 Å². The number of ether oxygens (including phenoxy) is 1. The summed E-state index contributed by atoms with van der Waals surface area (Å²) in [6, 6.07) is -0.168. The van der Waals surface area contributed by atoms with Crippen molar-refractivity contribution >= 4 is 5.91 Å². The Hall–Kier alpha value is -0.650. The molecule has 0 saturated carbocycles. The molecule has 1 amide bonds. The van der Waals surface area contributed by atoms with E-state index in [4.69, 9.17) is 10.5 Å². The predicted molar refractivity (Wildman–Crippen MR) is 65.6 cm³/mol. The summed E-state index contributed by atoms with van der Waals surface area (Å²) < 4.78 is 5.51. The third-order valence-corrected chi connectivity index (χ3v) is 3.84. The molecule has 0 bridgehead atoms. The van der Waals surface area contributed by atoms with Crippen LogP contribution in [0.3, 0.4) is 0 Å². The molecule has 0 aromatic rings. The van der Waals surface area contributed by atoms with Crippen molar-refractivity contribution in [3.63, 3.8) is 0 Å². The molecule has 0 aromatic heterocycles. The Bertz CT molecular complexity index is 264. The molecule has 0 aliphatic carbocycles. The fraction of sp³-hybridized carbons (Fsp3) is 0.917. The fourth-order valence-electron chi connectivity index (χ4n) is 2.60. The van der Waals surface area contributed by atoms with Gasteiger partial charge in [0.05, 0.1) is 12.7 Å². The lowest BCUT2D eigenvalue weighted by molar-refractivity contribution is -0.140. The summed E-state index contributed by atoms with van der Waals surface area (Å²) in [5.41, 5.74) is 5.65. The number of carbonyl (C=O) groups is 1. The summed E-state index contributed by atoms with van der Waals surface area (Å²) in [6.07, 6.45) is 2.04. The molecule has 98 valence electrons. The van der Waals surface area contributed by atoms with Gasteiger partial charge in [-0.2, -0.15) is 0 Å². The fourth-order valence-corrected chi connectivity index (χ4v) is 2.60. The lowest BCUT2D eigenvalue weighted by atomic mass is 9.96. The first-order chi connectivity index (χ1) is 8.22. The van der Waals surface area contributed by atoms with E-state index in [1.54, 1.807) is 0 Å². The summed E-state index contributed by atoms with van der Waals surface area (Å²) in [7, 11) is 0. The highest BCUT2D eigenvalue weighted by Crippen LogP contribution is 2.18. The number of likely N-dealkylation sites (tertiary alicyclic amines) is 1. The number of amides is 1. The highest BCUT2D eigenvalue weighted by molar-refractivity contribution is 5.82. The lowest BCUT2D eigenvalue weighted by Crippen LogP contribution is -2.57. The molecule has 0 aromatic carbocycles. The van der Waals surface area contributed by atoms with Crippen LogP contribution in [0.25, 0.3) is 0 Å². The SMILES string of the molecule is C[C@H]1OCCN[C@@H]1C(=O)N1CCC(CN)CC1. The van der Waals surface area contributed by atoms with Crippen molar-refractivity contribution in [2.45, 2.75) is 31.9 Å². The first-order valence-electron chi connectivity index (χ1n) is 6.56. The second-order valence-electron chi connectivity index (χ2n) is 5.01. The van der Waals surface area contributed by atoms with Crippen molar-refractivity contribution in [1.82, 2.24) is 10.2 Å². The van der Waals surface area contributed by atoms with Gasteiger partial charge in [-0.3, -0.25) is 4.79 Å². The maximum atomic E-state index is 12.3. The molecule has 2 rings (SSSR count). The van der Waals surface area contributed by atoms with Crippen molar-refractivity contribution in [2.24, 2.45) is 11.7 Å². The number of morpholine rings is 1. The highest BCUT2D eigenvalue weighted by atomic mass is 16.5. The van der Waals surface area contributed by atoms with Gasteiger partial charge in [0.1, 0.15) is 6.04 Å². The average molecular weight is 241 g/mol. The highest BCUT2D eigenvalue weighted by Gasteiger charge is 2.33. The van der Waals surface area contributed by atoms with E-state index in [0.29, 0.717) is 12.5 Å². The first kappa shape index (κ1) is 12.8. The third-order valence-electron chi connectivity index (χ3n) is 3.84. The molecule has 2 aliphatic rings. The van der Waals surface area contributed by atoms with Crippen LogP contribution < -0.4 is 11.1 Å². The van der Waals surface area contributed by atoms with Gasteiger partial charge in [-0.05, 0) is 32.2 Å². The topological polar surface area (TPSA) is 67.6 Å². The number of nitrogens with zero attached hydrogens (tertiary/aromatic N) is 1. The Morgan fingerprint density at radius 1 is 1.47 bits per heavy atom. The lowest BCUT2D eigenvalue weighted by Gasteiger charge is -2.37. The molecule has 5 heteroatoms. The minimum atomic E-state index is -0.168. The van der Waals surface area contributed by atoms with Crippen molar-refractivity contribution in [3.8, 4) is 0 Å². The van der Waals surface area contributed by atoms with Gasteiger partial charge in [0, 0.05) is 19.6 Å². The molecule has 2 fully saturated rings. The van der Waals surface area contributed by atoms with E-state index in [0.717, 1.165) is 39.0 Å². The number of hydrogen-bond donors (Lipinski definition) is 2. The molecule has 2 saturated heterocycles. The summed E-state index contributed by atoms with van der Waals surface area (Å²) in [6.45, 7) is 5.84. The van der Waals surface area contributed by atoms with Gasteiger partial charge >= 0.3 is 0 Å². The van der Waals surface area contributed by atoms with Crippen molar-refractivity contribution in [2.75, 3.05) is 32.8 Å². The standard InChI is InChI=1S/C12H23N3O2/c1-9-11(14-4-7-17-9)12(16)15-5-2-10(8-13)3-6-15/h9-11,14H,2-8,13H2,1H3/t9-,11+/m1/s1. The number of nitrogens with one attached hydrogen (secondary N) is 1. The average Bonchev–Trinajstić information content (AvgIpc) is 2.39. The van der Waals surface area contributed by atoms with Crippen LogP contribution in [-0.2, 0) is 9.53 Å². The summed E-state index contributed by atoms with van der Waals surface area (Å²) >= 11 is 0. The molecule has 5 nitrogen and oxygen atoms in total. The number of rotatable bonds is 2. The molecule has 0 radical (unpaired) electrons. The van der Waals surface area contributed by atoms with E-state index in [2.05, 4.69) is 5.32 Å². The van der Waals surface area contributed by atoms with Gasteiger partial charge in [0.25, 0.3) is 0 Å². The zero-order chi connectivity index (χ0) is 12.3. The summed E-state index contributed by atoms with van der Waals surface area (Å²) in [5.74, 6) is 0.778. The summed E-state index contributed by atoms with van der Waals surface area (Å²) in [5, 5.41) is 3.25. The van der Waals surface area contributed by atoms with Crippen LogP contribution in [0.15, 0.2) is 0 Å². The number of carbonyl (C=O) groups excluding carboxylic acids is 1. The number of hydrogen-bond acceptors (Lipinski definition) is 4. The largest absolute Gasteiger partial charge is 0.375 e. The van der Waals surface area contributed by atoms with E-state index < -0.39 is 0 Å². The quantitative estimate of drug-likeness (QED) is 0.688. The van der Waals surface area contributed by atoms with Crippen LogP contribution in [-0.4, -0.2) is 55.7 Å². The Balaban J connectivity index is 1.87. The van der Waals surface area contributed by atoms with Crippen molar-refractivity contribution in [3.05, 3.63) is 0 Å². The minimum Gasteiger partial charge on any atom is -0.375 e. The molecular formula is C12H23N3O2. The van der Waals surface area contributed by atoms with Gasteiger partial charge < -0.3 is 20.7 Å². The molecule has 2 aliphatic heterocycles. The van der Waals surface area contributed by atoms with Gasteiger partial charge in [0.15, 0.2) is 0 Å². The second-order valence-corrected chi connectivity index (χ2v) is 5.01. The van der Waals surface area contributed by atoms with E-state index in [9.17, 15) is 4.79 Å². The van der Waals surface area contributed by atoms with E-state index in [1.807, 2.05) is 11.8 Å². The van der Waals surface area contributed by atoms with Crippen LogP contribution in [0.4, 0.5) is 0 Å². The van der Waals surface area contributed by atoms with Crippen LogP contribution in [0, 0.1) is 5.92 Å². The van der Waals surface area contributed by atoms with E-state index >= 15 is 0 Å². The second kappa shape index (κ2) is 5.80. The third kappa shape index (κ3) is 2.97. The Morgan fingerprint density at radius 3 is 2.76 bits per heavy atom. The van der Waals surface area contributed by atoms with Gasteiger partial charge in [-0.1, -0.05) is 0 Å². The van der Waals surface area contributed by atoms with Gasteiger partial charge in [-0.15, -0.1) is 0 Å². The molecule has 2 heterocycles. The molecular weight excluding hydrogens is 218 g/mol. The number of nitrogens with two attached hydrogens (primary N) is 1. The Morgan fingerprint density at radius 2 is 2.18 bits per heavy atom. The van der Waals surface area contributed by atoms with Crippen molar-refractivity contribution < 1.29 is 9.53 Å². The molecule has 0 spiro atoms. The molecule has 0 unspecified atom stereocenters. The maximum absolute atomic E-state index is 12.3. The maximum Gasteiger partial charge on any atom is 0.242 e.